The van der Waals surface area contributed by atoms with Gasteiger partial charge >= 0.3 is 5.69 Å². The molecule has 0 saturated heterocycles. The lowest BCUT2D eigenvalue weighted by Gasteiger charge is -2.10. The minimum absolute atomic E-state index is 0.270. The number of nitrogens with zero attached hydrogens (tertiary/aromatic N) is 4. The summed E-state index contributed by atoms with van der Waals surface area (Å²) in [5.74, 6) is 0.977. The Morgan fingerprint density at radius 1 is 1.17 bits per heavy atom. The third-order valence-electron chi connectivity index (χ3n) is 3.86. The Morgan fingerprint density at radius 2 is 1.91 bits per heavy atom. The summed E-state index contributed by atoms with van der Waals surface area (Å²) < 4.78 is 8.03. The third-order valence-corrected chi connectivity index (χ3v) is 3.86. The molecule has 8 heteroatoms. The van der Waals surface area contributed by atoms with Gasteiger partial charge in [-0.2, -0.15) is 0 Å². The van der Waals surface area contributed by atoms with E-state index in [0.717, 1.165) is 24.0 Å². The molecule has 0 aliphatic heterocycles. The molecule has 3 aromatic heterocycles. The highest BCUT2D eigenvalue weighted by Gasteiger charge is 2.20. The predicted octanol–water partition coefficient (Wildman–Crippen LogP) is 1.29. The highest BCUT2D eigenvalue weighted by atomic mass is 16.3. The van der Waals surface area contributed by atoms with E-state index in [2.05, 4.69) is 22.2 Å². The van der Waals surface area contributed by atoms with Crippen LogP contribution in [0.5, 0.6) is 0 Å². The van der Waals surface area contributed by atoms with E-state index < -0.39 is 11.2 Å². The topological polar surface area (TPSA) is 95.0 Å². The summed E-state index contributed by atoms with van der Waals surface area (Å²) in [7, 11) is 3.02. The summed E-state index contributed by atoms with van der Waals surface area (Å²) in [4.78, 5) is 33.4. The molecule has 0 unspecified atom stereocenters. The smallest absolute Gasteiger partial charge is 0.332 e. The monoisotopic (exact) mass is 317 g/mol. The first kappa shape index (κ1) is 15.3. The van der Waals surface area contributed by atoms with Gasteiger partial charge in [0.15, 0.2) is 28.5 Å². The number of unbranched alkanes of at least 4 members (excludes halogenated alkanes) is 1. The molecule has 122 valence electrons. The number of oxazole rings is 1. The maximum Gasteiger partial charge on any atom is 0.332 e. The van der Waals surface area contributed by atoms with Crippen LogP contribution in [0.15, 0.2) is 14.0 Å². The zero-order valence-electron chi connectivity index (χ0n) is 13.6. The zero-order chi connectivity index (χ0) is 16.7. The second-order valence-electron chi connectivity index (χ2n) is 5.56. The fourth-order valence-electron chi connectivity index (χ4n) is 2.59. The minimum atomic E-state index is -0.433. The van der Waals surface area contributed by atoms with Gasteiger partial charge in [0.25, 0.3) is 5.56 Å². The van der Waals surface area contributed by atoms with Gasteiger partial charge in [-0.3, -0.25) is 13.9 Å². The second-order valence-corrected chi connectivity index (χ2v) is 5.56. The lowest BCUT2D eigenvalue weighted by atomic mass is 10.2. The number of nitrogens with one attached hydrogen (secondary N) is 1. The summed E-state index contributed by atoms with van der Waals surface area (Å²) in [6.45, 7) is 4.54. The number of aryl methyl sites for hydroxylation is 2. The molecule has 3 rings (SSSR count). The second kappa shape index (κ2) is 5.53. The van der Waals surface area contributed by atoms with Gasteiger partial charge in [0.2, 0.25) is 0 Å². The molecule has 0 atom stereocenters. The molecule has 0 aliphatic carbocycles. The largest absolute Gasteiger partial charge is 0.440 e. The first-order valence-corrected chi connectivity index (χ1v) is 7.56. The SMILES string of the molecule is CCCCNc1nc2c(c(=O)n(C)c(=O)n2C)c2oc(C)nc12. The van der Waals surface area contributed by atoms with Crippen LogP contribution in [0.3, 0.4) is 0 Å². The van der Waals surface area contributed by atoms with Crippen LogP contribution in [-0.4, -0.2) is 25.6 Å². The van der Waals surface area contributed by atoms with E-state index in [-0.39, 0.29) is 5.39 Å². The molecule has 0 spiro atoms. The van der Waals surface area contributed by atoms with Gasteiger partial charge in [-0.05, 0) is 6.42 Å². The highest BCUT2D eigenvalue weighted by Crippen LogP contribution is 2.27. The molecule has 0 aliphatic rings. The summed E-state index contributed by atoms with van der Waals surface area (Å²) >= 11 is 0. The number of rotatable bonds is 4. The van der Waals surface area contributed by atoms with E-state index in [1.807, 2.05) is 0 Å². The van der Waals surface area contributed by atoms with Gasteiger partial charge in [-0.15, -0.1) is 0 Å². The Kier molecular flexibility index (Phi) is 3.67. The number of anilines is 1. The Morgan fingerprint density at radius 3 is 2.61 bits per heavy atom. The van der Waals surface area contributed by atoms with E-state index in [0.29, 0.717) is 28.5 Å². The molecule has 0 saturated carbocycles. The van der Waals surface area contributed by atoms with E-state index >= 15 is 0 Å². The summed E-state index contributed by atoms with van der Waals surface area (Å²) in [6, 6.07) is 0. The molecule has 3 heterocycles. The van der Waals surface area contributed by atoms with Crippen molar-refractivity contribution in [2.24, 2.45) is 14.1 Å². The maximum atomic E-state index is 12.5. The minimum Gasteiger partial charge on any atom is -0.440 e. The van der Waals surface area contributed by atoms with Gasteiger partial charge < -0.3 is 9.73 Å². The number of aromatic nitrogens is 4. The van der Waals surface area contributed by atoms with Crippen molar-refractivity contribution in [3.63, 3.8) is 0 Å². The van der Waals surface area contributed by atoms with Crippen molar-refractivity contribution in [3.8, 4) is 0 Å². The van der Waals surface area contributed by atoms with Gasteiger partial charge in [0, 0.05) is 27.6 Å². The third kappa shape index (κ3) is 2.30. The number of fused-ring (bicyclic) bond motifs is 3. The van der Waals surface area contributed by atoms with E-state index in [4.69, 9.17) is 4.42 Å². The molecule has 0 radical (unpaired) electrons. The van der Waals surface area contributed by atoms with Crippen molar-refractivity contribution in [2.75, 3.05) is 11.9 Å². The molecule has 0 fully saturated rings. The summed E-state index contributed by atoms with van der Waals surface area (Å²) in [5.41, 5.74) is 0.312. The van der Waals surface area contributed by atoms with Crippen molar-refractivity contribution in [3.05, 3.63) is 26.7 Å². The van der Waals surface area contributed by atoms with Gasteiger partial charge in [-0.25, -0.2) is 14.8 Å². The van der Waals surface area contributed by atoms with Crippen molar-refractivity contribution < 1.29 is 4.42 Å². The molecule has 1 N–H and O–H groups in total. The van der Waals surface area contributed by atoms with Crippen molar-refractivity contribution >= 4 is 28.0 Å². The first-order chi connectivity index (χ1) is 11.0. The van der Waals surface area contributed by atoms with E-state index in [1.165, 1.54) is 11.6 Å². The Balaban J connectivity index is 2.42. The van der Waals surface area contributed by atoms with Crippen LogP contribution >= 0.6 is 0 Å². The van der Waals surface area contributed by atoms with Gasteiger partial charge in [0.1, 0.15) is 5.39 Å². The normalized spacial score (nSPS) is 11.5. The summed E-state index contributed by atoms with van der Waals surface area (Å²) in [5, 5.41) is 3.49. The predicted molar refractivity (Wildman–Crippen MR) is 87.9 cm³/mol. The highest BCUT2D eigenvalue weighted by molar-refractivity contribution is 6.03. The lowest BCUT2D eigenvalue weighted by molar-refractivity contribution is 0.562. The van der Waals surface area contributed by atoms with Crippen LogP contribution in [0.1, 0.15) is 25.7 Å². The first-order valence-electron chi connectivity index (χ1n) is 7.56. The van der Waals surface area contributed by atoms with E-state index in [1.54, 1.807) is 14.0 Å². The number of hydrogen-bond acceptors (Lipinski definition) is 6. The average Bonchev–Trinajstić information content (AvgIpc) is 2.92. The molecule has 23 heavy (non-hydrogen) atoms. The van der Waals surface area contributed by atoms with Gasteiger partial charge in [-0.1, -0.05) is 13.3 Å². The zero-order valence-corrected chi connectivity index (χ0v) is 13.6. The molecular formula is C15H19N5O3. The van der Waals surface area contributed by atoms with Gasteiger partial charge in [0.05, 0.1) is 0 Å². The molecule has 0 aromatic carbocycles. The van der Waals surface area contributed by atoms with Crippen LogP contribution in [0.4, 0.5) is 5.82 Å². The van der Waals surface area contributed by atoms with Crippen LogP contribution in [-0.2, 0) is 14.1 Å². The molecule has 0 bridgehead atoms. The Bertz CT molecular complexity index is 1010. The molecular weight excluding hydrogens is 298 g/mol. The van der Waals surface area contributed by atoms with E-state index in [9.17, 15) is 9.59 Å². The van der Waals surface area contributed by atoms with Crippen molar-refractivity contribution in [1.82, 2.24) is 19.1 Å². The molecule has 0 amide bonds. The van der Waals surface area contributed by atoms with Crippen molar-refractivity contribution in [2.45, 2.75) is 26.7 Å². The summed E-state index contributed by atoms with van der Waals surface area (Å²) in [6.07, 6.45) is 2.02. The fourth-order valence-corrected chi connectivity index (χ4v) is 2.59. The van der Waals surface area contributed by atoms with Crippen LogP contribution < -0.4 is 16.6 Å². The Hall–Kier alpha value is -2.64. The molecule has 3 aromatic rings. The van der Waals surface area contributed by atoms with Crippen LogP contribution in [0.25, 0.3) is 22.1 Å². The lowest BCUT2D eigenvalue weighted by Crippen LogP contribution is -2.37. The number of hydrogen-bond donors (Lipinski definition) is 1. The average molecular weight is 317 g/mol. The van der Waals surface area contributed by atoms with Crippen LogP contribution in [0, 0.1) is 6.92 Å². The van der Waals surface area contributed by atoms with Crippen molar-refractivity contribution in [1.29, 1.82) is 0 Å². The van der Waals surface area contributed by atoms with Crippen LogP contribution in [0.2, 0.25) is 0 Å². The Labute approximate surface area is 131 Å². The fraction of sp³-hybridized carbons (Fsp3) is 0.467. The standard InChI is InChI=1S/C15H19N5O3/c1-5-6-7-16-12-10-11(23-8(2)17-10)9-13(18-12)19(3)15(22)20(4)14(9)21/h5-7H2,1-4H3,(H,16,18). The quantitative estimate of drug-likeness (QED) is 0.729. The number of pyridine rings is 1. The maximum absolute atomic E-state index is 12.5. The molecule has 8 nitrogen and oxygen atoms in total.